The fourth-order valence-corrected chi connectivity index (χ4v) is 2.99. The molecule has 0 spiro atoms. The monoisotopic (exact) mass is 354 g/mol. The van der Waals surface area contributed by atoms with Gasteiger partial charge in [-0.3, -0.25) is 0 Å². The van der Waals surface area contributed by atoms with Crippen LogP contribution in [0.25, 0.3) is 0 Å². The van der Waals surface area contributed by atoms with Crippen LogP contribution < -0.4 is 19.9 Å². The summed E-state index contributed by atoms with van der Waals surface area (Å²) >= 11 is 0. The van der Waals surface area contributed by atoms with E-state index < -0.39 is 0 Å². The zero-order valence-corrected chi connectivity index (χ0v) is 15.4. The van der Waals surface area contributed by atoms with Crippen LogP contribution in [0.1, 0.15) is 22.4 Å². The molecule has 0 bridgehead atoms. The van der Waals surface area contributed by atoms with Crippen LogP contribution in [-0.4, -0.2) is 44.7 Å². The van der Waals surface area contributed by atoms with Crippen molar-refractivity contribution in [2.45, 2.75) is 12.8 Å². The van der Waals surface area contributed by atoms with Gasteiger partial charge in [-0.05, 0) is 20.2 Å². The van der Waals surface area contributed by atoms with E-state index in [1.807, 2.05) is 25.1 Å². The number of likely N-dealkylation sites (N-methyl/N-ethyl adjacent to an activating group) is 1. The third-order valence-corrected chi connectivity index (χ3v) is 4.43. The average Bonchev–Trinajstić information content (AvgIpc) is 2.64. The number of fused-ring (bicyclic) bond motifs is 2. The summed E-state index contributed by atoms with van der Waals surface area (Å²) in [5, 5.41) is 9.55. The van der Waals surface area contributed by atoms with Crippen LogP contribution in [0, 0.1) is 11.3 Å². The average molecular weight is 354 g/mol. The lowest BCUT2D eigenvalue weighted by atomic mass is 9.97. The number of methoxy groups -OCH3 is 2. The number of nitrogens with two attached hydrogens (primary N) is 1. The minimum atomic E-state index is 0.429. The second-order valence-electron chi connectivity index (χ2n) is 6.39. The zero-order chi connectivity index (χ0) is 18.8. The van der Waals surface area contributed by atoms with Crippen molar-refractivity contribution in [3.8, 4) is 29.2 Å². The molecule has 0 atom stereocenters. The molecule has 0 radical (unpaired) electrons. The van der Waals surface area contributed by atoms with Gasteiger partial charge in [-0.1, -0.05) is 0 Å². The SMILES string of the molecule is COc1cc2c(cc1OC)Oc1nc(CCN(C)C)c(C#N)c(N)c1C2. The van der Waals surface area contributed by atoms with Crippen molar-refractivity contribution in [2.75, 3.05) is 40.6 Å². The standard InChI is InChI=1S/C19H22N4O3/c1-23(2)6-5-14-13(10-20)18(21)12-7-11-8-16(24-3)17(25-4)9-15(11)26-19(12)22-14/h8-9H,5-7H2,1-4H3,(H2,21,22). The number of hydrogen-bond donors (Lipinski definition) is 1. The van der Waals surface area contributed by atoms with Crippen LogP contribution in [0.5, 0.6) is 23.1 Å². The summed E-state index contributed by atoms with van der Waals surface area (Å²) in [4.78, 5) is 6.62. The van der Waals surface area contributed by atoms with Gasteiger partial charge in [0.15, 0.2) is 11.5 Å². The molecule has 0 amide bonds. The molecule has 26 heavy (non-hydrogen) atoms. The molecule has 0 saturated carbocycles. The molecule has 2 N–H and O–H groups in total. The van der Waals surface area contributed by atoms with Crippen LogP contribution >= 0.6 is 0 Å². The van der Waals surface area contributed by atoms with Crippen molar-refractivity contribution in [1.29, 1.82) is 5.26 Å². The number of nitrogen functional groups attached to an aromatic ring is 1. The van der Waals surface area contributed by atoms with Crippen LogP contribution in [-0.2, 0) is 12.8 Å². The van der Waals surface area contributed by atoms with E-state index in [2.05, 4.69) is 11.1 Å². The van der Waals surface area contributed by atoms with Crippen LogP contribution in [0.15, 0.2) is 12.1 Å². The normalized spacial score (nSPS) is 12.0. The van der Waals surface area contributed by atoms with Gasteiger partial charge in [0, 0.05) is 36.6 Å². The Morgan fingerprint density at radius 1 is 1.27 bits per heavy atom. The lowest BCUT2D eigenvalue weighted by Crippen LogP contribution is -2.18. The van der Waals surface area contributed by atoms with Gasteiger partial charge in [-0.2, -0.15) is 5.26 Å². The van der Waals surface area contributed by atoms with E-state index >= 15 is 0 Å². The molecule has 1 aliphatic heterocycles. The van der Waals surface area contributed by atoms with Gasteiger partial charge in [0.05, 0.1) is 31.2 Å². The Morgan fingerprint density at radius 3 is 2.58 bits per heavy atom. The number of aromatic nitrogens is 1. The van der Waals surface area contributed by atoms with E-state index in [1.54, 1.807) is 20.3 Å². The first-order valence-electron chi connectivity index (χ1n) is 8.27. The quantitative estimate of drug-likeness (QED) is 0.751. The first kappa shape index (κ1) is 17.8. The molecule has 1 aromatic carbocycles. The van der Waals surface area contributed by atoms with Crippen LogP contribution in [0.4, 0.5) is 5.69 Å². The highest BCUT2D eigenvalue weighted by Gasteiger charge is 2.26. The third-order valence-electron chi connectivity index (χ3n) is 4.43. The molecular weight excluding hydrogens is 332 g/mol. The molecule has 0 saturated heterocycles. The molecule has 0 aliphatic carbocycles. The Labute approximate surface area is 152 Å². The Morgan fingerprint density at radius 2 is 1.96 bits per heavy atom. The first-order valence-corrected chi connectivity index (χ1v) is 8.27. The van der Waals surface area contributed by atoms with Crippen molar-refractivity contribution >= 4 is 5.69 Å². The molecule has 2 heterocycles. The summed E-state index contributed by atoms with van der Waals surface area (Å²) in [5.74, 6) is 2.32. The predicted octanol–water partition coefficient (Wildman–Crippen LogP) is 2.35. The zero-order valence-electron chi connectivity index (χ0n) is 15.4. The highest BCUT2D eigenvalue weighted by molar-refractivity contribution is 5.68. The lowest BCUT2D eigenvalue weighted by molar-refractivity contribution is 0.349. The fourth-order valence-electron chi connectivity index (χ4n) is 2.99. The molecule has 0 unspecified atom stereocenters. The second kappa shape index (κ2) is 7.10. The molecule has 7 heteroatoms. The topological polar surface area (TPSA) is 93.6 Å². The maximum atomic E-state index is 9.55. The minimum Gasteiger partial charge on any atom is -0.493 e. The number of benzene rings is 1. The molecule has 1 aromatic heterocycles. The van der Waals surface area contributed by atoms with E-state index in [4.69, 9.17) is 19.9 Å². The summed E-state index contributed by atoms with van der Waals surface area (Å²) in [7, 11) is 7.11. The van der Waals surface area contributed by atoms with Crippen molar-refractivity contribution < 1.29 is 14.2 Å². The van der Waals surface area contributed by atoms with Gasteiger partial charge < -0.3 is 24.8 Å². The van der Waals surface area contributed by atoms with Crippen LogP contribution in [0.2, 0.25) is 0 Å². The van der Waals surface area contributed by atoms with E-state index in [-0.39, 0.29) is 0 Å². The smallest absolute Gasteiger partial charge is 0.225 e. The number of ether oxygens (including phenoxy) is 3. The van der Waals surface area contributed by atoms with Gasteiger partial charge >= 0.3 is 0 Å². The van der Waals surface area contributed by atoms with Gasteiger partial charge in [0.25, 0.3) is 0 Å². The molecule has 1 aliphatic rings. The molecule has 3 rings (SSSR count). The number of anilines is 1. The maximum absolute atomic E-state index is 9.55. The van der Waals surface area contributed by atoms with Gasteiger partial charge in [0.1, 0.15) is 11.8 Å². The van der Waals surface area contributed by atoms with E-state index in [0.29, 0.717) is 52.9 Å². The van der Waals surface area contributed by atoms with Gasteiger partial charge in [-0.15, -0.1) is 0 Å². The largest absolute Gasteiger partial charge is 0.493 e. The summed E-state index contributed by atoms with van der Waals surface area (Å²) in [6.45, 7) is 0.765. The number of nitrogens with zero attached hydrogens (tertiary/aromatic N) is 3. The predicted molar refractivity (Wildman–Crippen MR) is 98.0 cm³/mol. The summed E-state index contributed by atoms with van der Waals surface area (Å²) in [6, 6.07) is 5.84. The van der Waals surface area contributed by atoms with Crippen LogP contribution in [0.3, 0.4) is 0 Å². The van der Waals surface area contributed by atoms with Crippen molar-refractivity contribution in [3.63, 3.8) is 0 Å². The van der Waals surface area contributed by atoms with E-state index in [0.717, 1.165) is 17.7 Å². The maximum Gasteiger partial charge on any atom is 0.225 e. The Balaban J connectivity index is 2.05. The van der Waals surface area contributed by atoms with Crippen molar-refractivity contribution in [2.24, 2.45) is 0 Å². The number of rotatable bonds is 5. The molecular formula is C19H22N4O3. The number of hydrogen-bond acceptors (Lipinski definition) is 7. The summed E-state index contributed by atoms with van der Waals surface area (Å²) in [5.41, 5.74) is 9.46. The Kier molecular flexibility index (Phi) is 4.87. The first-order chi connectivity index (χ1) is 12.5. The van der Waals surface area contributed by atoms with Crippen molar-refractivity contribution in [1.82, 2.24) is 9.88 Å². The second-order valence-corrected chi connectivity index (χ2v) is 6.39. The molecule has 7 nitrogen and oxygen atoms in total. The third kappa shape index (κ3) is 3.11. The van der Waals surface area contributed by atoms with Gasteiger partial charge in [0.2, 0.25) is 5.88 Å². The summed E-state index contributed by atoms with van der Waals surface area (Å²) < 4.78 is 16.7. The summed E-state index contributed by atoms with van der Waals surface area (Å²) in [6.07, 6.45) is 1.14. The molecule has 0 fully saturated rings. The Bertz CT molecular complexity index is 888. The number of pyridine rings is 1. The highest BCUT2D eigenvalue weighted by Crippen LogP contribution is 2.44. The fraction of sp³-hybridized carbons (Fsp3) is 0.368. The van der Waals surface area contributed by atoms with Gasteiger partial charge in [-0.25, -0.2) is 4.98 Å². The van der Waals surface area contributed by atoms with E-state index in [9.17, 15) is 5.26 Å². The molecule has 2 aromatic rings. The Hall–Kier alpha value is -2.98. The van der Waals surface area contributed by atoms with Crippen molar-refractivity contribution in [3.05, 3.63) is 34.5 Å². The number of nitriles is 1. The molecule has 136 valence electrons. The van der Waals surface area contributed by atoms with E-state index in [1.165, 1.54) is 0 Å². The minimum absolute atomic E-state index is 0.429. The highest BCUT2D eigenvalue weighted by atomic mass is 16.5. The lowest BCUT2D eigenvalue weighted by Gasteiger charge is -2.24.